The Morgan fingerprint density at radius 1 is 0.368 bits per heavy atom. The summed E-state index contributed by atoms with van der Waals surface area (Å²) in [6.45, 7) is 0. The van der Waals surface area contributed by atoms with Crippen molar-refractivity contribution in [3.63, 3.8) is 0 Å². The van der Waals surface area contributed by atoms with Gasteiger partial charge in [0.2, 0.25) is 0 Å². The van der Waals surface area contributed by atoms with Gasteiger partial charge in [-0.15, -0.1) is 11.3 Å². The van der Waals surface area contributed by atoms with Crippen LogP contribution in [0, 0.1) is 0 Å². The summed E-state index contributed by atoms with van der Waals surface area (Å²) in [5.41, 5.74) is 10.4. The molecule has 6 heteroatoms. The maximum Gasteiger partial charge on any atom is 0.164 e. The van der Waals surface area contributed by atoms with Crippen LogP contribution < -0.4 is 0 Å². The van der Waals surface area contributed by atoms with Gasteiger partial charge in [0.15, 0.2) is 17.5 Å². The highest BCUT2D eigenvalue weighted by molar-refractivity contribution is 7.25. The van der Waals surface area contributed by atoms with Crippen molar-refractivity contribution in [1.82, 2.24) is 19.5 Å². The van der Waals surface area contributed by atoms with E-state index in [0.29, 0.717) is 17.5 Å². The zero-order chi connectivity index (χ0) is 37.5. The summed E-state index contributed by atoms with van der Waals surface area (Å²) < 4.78 is 11.4. The Labute approximate surface area is 330 Å². The lowest BCUT2D eigenvalue weighted by atomic mass is 10.0. The zero-order valence-corrected chi connectivity index (χ0v) is 31.2. The van der Waals surface area contributed by atoms with Crippen LogP contribution >= 0.6 is 11.3 Å². The first-order chi connectivity index (χ1) is 28.2. The third-order valence-electron chi connectivity index (χ3n) is 11.1. The second-order valence-corrected chi connectivity index (χ2v) is 15.5. The van der Waals surface area contributed by atoms with Crippen molar-refractivity contribution in [1.29, 1.82) is 0 Å². The number of rotatable bonds is 5. The van der Waals surface area contributed by atoms with Crippen LogP contribution in [0.25, 0.3) is 115 Å². The average molecular weight is 747 g/mol. The van der Waals surface area contributed by atoms with Crippen LogP contribution in [-0.4, -0.2) is 19.5 Å². The molecule has 4 aromatic heterocycles. The largest absolute Gasteiger partial charge is 0.456 e. The van der Waals surface area contributed by atoms with Crippen LogP contribution in [-0.2, 0) is 0 Å². The van der Waals surface area contributed by atoms with Crippen molar-refractivity contribution in [2.45, 2.75) is 0 Å². The SMILES string of the molecule is c1ccc(-c2nc(-c3ccccc3)nc(-c3ccc4c(c3)sc3cc(-c5ccc6c(c5)oc5cccc(-n7c8ccccc8c8ccccc87)c56)ccc34)n2)cc1. The minimum atomic E-state index is 0.656. The smallest absolute Gasteiger partial charge is 0.164 e. The highest BCUT2D eigenvalue weighted by atomic mass is 32.1. The number of para-hydroxylation sites is 2. The first kappa shape index (κ1) is 31.9. The van der Waals surface area contributed by atoms with Crippen LogP contribution in [0.5, 0.6) is 0 Å². The lowest BCUT2D eigenvalue weighted by Crippen LogP contribution is -1.99. The summed E-state index contributed by atoms with van der Waals surface area (Å²) in [5, 5.41) is 7.16. The zero-order valence-electron chi connectivity index (χ0n) is 30.4. The van der Waals surface area contributed by atoms with Gasteiger partial charge in [-0.25, -0.2) is 15.0 Å². The monoisotopic (exact) mass is 746 g/mol. The molecule has 0 radical (unpaired) electrons. The van der Waals surface area contributed by atoms with Gasteiger partial charge < -0.3 is 8.98 Å². The van der Waals surface area contributed by atoms with Gasteiger partial charge in [-0.05, 0) is 59.7 Å². The lowest BCUT2D eigenvalue weighted by Gasteiger charge is -2.09. The number of nitrogens with zero attached hydrogens (tertiary/aromatic N) is 4. The Morgan fingerprint density at radius 2 is 0.877 bits per heavy atom. The molecule has 0 unspecified atom stereocenters. The van der Waals surface area contributed by atoms with E-state index in [1.807, 2.05) is 60.7 Å². The molecular formula is C51H30N4OS. The van der Waals surface area contributed by atoms with E-state index >= 15 is 0 Å². The van der Waals surface area contributed by atoms with Crippen molar-refractivity contribution >= 4 is 75.3 Å². The summed E-state index contributed by atoms with van der Waals surface area (Å²) in [6, 6.07) is 63.8. The van der Waals surface area contributed by atoms with E-state index in [2.05, 4.69) is 126 Å². The van der Waals surface area contributed by atoms with E-state index in [4.69, 9.17) is 19.4 Å². The number of aromatic nitrogens is 4. The van der Waals surface area contributed by atoms with Crippen molar-refractivity contribution in [2.75, 3.05) is 0 Å². The average Bonchev–Trinajstić information content (AvgIpc) is 3.95. The molecule has 0 N–H and O–H groups in total. The molecule has 0 aliphatic carbocycles. The fraction of sp³-hybridized carbons (Fsp3) is 0. The summed E-state index contributed by atoms with van der Waals surface area (Å²) in [6.07, 6.45) is 0. The molecule has 0 atom stereocenters. The van der Waals surface area contributed by atoms with E-state index in [9.17, 15) is 0 Å². The molecule has 0 amide bonds. The molecule has 5 nitrogen and oxygen atoms in total. The Morgan fingerprint density at radius 3 is 1.51 bits per heavy atom. The molecule has 57 heavy (non-hydrogen) atoms. The summed E-state index contributed by atoms with van der Waals surface area (Å²) in [7, 11) is 0. The van der Waals surface area contributed by atoms with Crippen molar-refractivity contribution in [2.24, 2.45) is 0 Å². The maximum atomic E-state index is 6.61. The quantitative estimate of drug-likeness (QED) is 0.176. The molecule has 0 bridgehead atoms. The van der Waals surface area contributed by atoms with Gasteiger partial charge in [-0.1, -0.05) is 133 Å². The molecule has 0 aliphatic rings. The van der Waals surface area contributed by atoms with Crippen molar-refractivity contribution in [3.8, 4) is 51.0 Å². The van der Waals surface area contributed by atoms with Gasteiger partial charge in [0.25, 0.3) is 0 Å². The molecule has 266 valence electrons. The number of thiophene rings is 1. The van der Waals surface area contributed by atoms with Gasteiger partial charge in [0, 0.05) is 53.0 Å². The van der Waals surface area contributed by atoms with Gasteiger partial charge in [-0.3, -0.25) is 0 Å². The summed E-state index contributed by atoms with van der Waals surface area (Å²) in [4.78, 5) is 14.8. The normalized spacial score (nSPS) is 11.9. The molecule has 0 fully saturated rings. The predicted molar refractivity (Wildman–Crippen MR) is 236 cm³/mol. The minimum Gasteiger partial charge on any atom is -0.456 e. The van der Waals surface area contributed by atoms with Crippen LogP contribution in [0.3, 0.4) is 0 Å². The molecule has 8 aromatic carbocycles. The van der Waals surface area contributed by atoms with Crippen molar-refractivity contribution in [3.05, 3.63) is 182 Å². The third-order valence-corrected chi connectivity index (χ3v) is 12.2. The van der Waals surface area contributed by atoms with E-state index in [1.54, 1.807) is 11.3 Å². The minimum absolute atomic E-state index is 0.656. The Hall–Kier alpha value is -7.41. The van der Waals surface area contributed by atoms with Gasteiger partial charge in [0.05, 0.1) is 22.1 Å². The predicted octanol–water partition coefficient (Wildman–Crippen LogP) is 13.9. The fourth-order valence-corrected chi connectivity index (χ4v) is 9.57. The fourth-order valence-electron chi connectivity index (χ4n) is 8.39. The number of fused-ring (bicyclic) bond motifs is 9. The third kappa shape index (κ3) is 5.12. The van der Waals surface area contributed by atoms with E-state index in [1.165, 1.54) is 42.0 Å². The molecule has 0 saturated heterocycles. The number of benzene rings is 8. The van der Waals surface area contributed by atoms with E-state index in [0.717, 1.165) is 55.4 Å². The van der Waals surface area contributed by atoms with Crippen LogP contribution in [0.4, 0.5) is 0 Å². The molecule has 0 aliphatic heterocycles. The molecule has 0 saturated carbocycles. The maximum absolute atomic E-state index is 6.61. The summed E-state index contributed by atoms with van der Waals surface area (Å²) >= 11 is 1.79. The van der Waals surface area contributed by atoms with Crippen LogP contribution in [0.1, 0.15) is 0 Å². The number of furan rings is 1. The molecule has 12 rings (SSSR count). The van der Waals surface area contributed by atoms with Gasteiger partial charge in [0.1, 0.15) is 11.2 Å². The first-order valence-corrected chi connectivity index (χ1v) is 19.8. The van der Waals surface area contributed by atoms with Gasteiger partial charge >= 0.3 is 0 Å². The molecular weight excluding hydrogens is 717 g/mol. The molecule has 12 aromatic rings. The molecule has 4 heterocycles. The highest BCUT2D eigenvalue weighted by Crippen LogP contribution is 2.42. The number of hydrogen-bond donors (Lipinski definition) is 0. The second kappa shape index (κ2) is 12.6. The van der Waals surface area contributed by atoms with Crippen LogP contribution in [0.2, 0.25) is 0 Å². The first-order valence-electron chi connectivity index (χ1n) is 19.0. The van der Waals surface area contributed by atoms with E-state index < -0.39 is 0 Å². The summed E-state index contributed by atoms with van der Waals surface area (Å²) in [5.74, 6) is 1.97. The lowest BCUT2D eigenvalue weighted by molar-refractivity contribution is 0.669. The Kier molecular flexibility index (Phi) is 7.03. The number of hydrogen-bond acceptors (Lipinski definition) is 5. The topological polar surface area (TPSA) is 56.7 Å². The second-order valence-electron chi connectivity index (χ2n) is 14.4. The molecule has 0 spiro atoms. The Balaban J connectivity index is 0.946. The standard InChI is InChI=1S/C51H30N4OS/c1-3-12-31(13-4-1)49-52-50(32-14-5-2-6-15-32)54-51(53-49)35-24-26-39-38-25-22-34(29-46(38)57-47(39)30-35)33-23-27-40-45(28-33)56-44-21-11-20-43(48(40)44)55-41-18-9-7-16-36(41)37-17-8-10-19-42(37)55/h1-30H. The van der Waals surface area contributed by atoms with Gasteiger partial charge in [-0.2, -0.15) is 0 Å². The Bertz CT molecular complexity index is 3420. The van der Waals surface area contributed by atoms with Crippen LogP contribution in [0.15, 0.2) is 186 Å². The highest BCUT2D eigenvalue weighted by Gasteiger charge is 2.19. The van der Waals surface area contributed by atoms with E-state index in [-0.39, 0.29) is 0 Å². The van der Waals surface area contributed by atoms with Crippen molar-refractivity contribution < 1.29 is 4.42 Å².